The Hall–Kier alpha value is -2.62. The number of hydrogen-bond donors (Lipinski definition) is 1. The number of carbonyl (C=O) groups is 2. The molecule has 1 unspecified atom stereocenters. The molecule has 0 saturated carbocycles. The van der Waals surface area contributed by atoms with E-state index < -0.39 is 6.04 Å². The van der Waals surface area contributed by atoms with Crippen molar-refractivity contribution in [2.75, 3.05) is 5.32 Å². The van der Waals surface area contributed by atoms with Crippen LogP contribution in [0.1, 0.15) is 34.0 Å². The molecule has 0 bridgehead atoms. The molecule has 2 aromatic carbocycles. The van der Waals surface area contributed by atoms with Crippen LogP contribution in [0.2, 0.25) is 0 Å². The summed E-state index contributed by atoms with van der Waals surface area (Å²) in [5.74, 6) is -0.246. The van der Waals surface area contributed by atoms with Gasteiger partial charge in [0.1, 0.15) is 6.04 Å². The van der Waals surface area contributed by atoms with Crippen LogP contribution in [0.3, 0.4) is 0 Å². The van der Waals surface area contributed by atoms with Gasteiger partial charge in [0.05, 0.1) is 0 Å². The maximum atomic E-state index is 12.6. The van der Waals surface area contributed by atoms with E-state index >= 15 is 0 Å². The standard InChI is InChI=1S/C19H20N2O2/c1-12-8-9-13(2)17(10-12)20-18(22)14(3)21-11-15-6-4-5-7-16(15)19(21)23/h4-10,14H,11H2,1-3H3,(H,20,22). The lowest BCUT2D eigenvalue weighted by molar-refractivity contribution is -0.120. The number of rotatable bonds is 3. The summed E-state index contributed by atoms with van der Waals surface area (Å²) >= 11 is 0. The lowest BCUT2D eigenvalue weighted by Gasteiger charge is -2.24. The molecule has 4 heteroatoms. The van der Waals surface area contributed by atoms with E-state index in [4.69, 9.17) is 0 Å². The molecule has 23 heavy (non-hydrogen) atoms. The van der Waals surface area contributed by atoms with Crippen LogP contribution >= 0.6 is 0 Å². The second-order valence-corrected chi connectivity index (χ2v) is 6.07. The van der Waals surface area contributed by atoms with Crippen LogP contribution in [-0.4, -0.2) is 22.8 Å². The van der Waals surface area contributed by atoms with Crippen molar-refractivity contribution in [3.63, 3.8) is 0 Å². The molecule has 1 aliphatic heterocycles. The normalized spacial score (nSPS) is 14.6. The highest BCUT2D eigenvalue weighted by Gasteiger charge is 2.33. The summed E-state index contributed by atoms with van der Waals surface area (Å²) in [5.41, 5.74) is 4.56. The molecule has 1 aliphatic rings. The molecular weight excluding hydrogens is 288 g/mol. The van der Waals surface area contributed by atoms with Crippen LogP contribution in [0, 0.1) is 13.8 Å². The molecule has 3 rings (SSSR count). The highest BCUT2D eigenvalue weighted by Crippen LogP contribution is 2.25. The van der Waals surface area contributed by atoms with Gasteiger partial charge in [-0.05, 0) is 49.6 Å². The number of carbonyl (C=O) groups excluding carboxylic acids is 2. The molecule has 0 aliphatic carbocycles. The first kappa shape index (κ1) is 15.3. The van der Waals surface area contributed by atoms with E-state index in [0.717, 1.165) is 22.4 Å². The van der Waals surface area contributed by atoms with E-state index in [2.05, 4.69) is 5.32 Å². The topological polar surface area (TPSA) is 49.4 Å². The third-order valence-electron chi connectivity index (χ3n) is 4.35. The average molecular weight is 308 g/mol. The van der Waals surface area contributed by atoms with Crippen LogP contribution in [0.5, 0.6) is 0 Å². The third kappa shape index (κ3) is 2.84. The smallest absolute Gasteiger partial charge is 0.255 e. The summed E-state index contributed by atoms with van der Waals surface area (Å²) < 4.78 is 0. The zero-order chi connectivity index (χ0) is 16.6. The van der Waals surface area contributed by atoms with Crippen molar-refractivity contribution in [2.24, 2.45) is 0 Å². The molecule has 0 aromatic heterocycles. The maximum Gasteiger partial charge on any atom is 0.255 e. The minimum Gasteiger partial charge on any atom is -0.324 e. The summed E-state index contributed by atoms with van der Waals surface area (Å²) in [6, 6.07) is 12.9. The Labute approximate surface area is 136 Å². The molecule has 118 valence electrons. The first-order valence-corrected chi connectivity index (χ1v) is 7.74. The summed E-state index contributed by atoms with van der Waals surface area (Å²) in [7, 11) is 0. The number of fused-ring (bicyclic) bond motifs is 1. The van der Waals surface area contributed by atoms with Gasteiger partial charge in [-0.3, -0.25) is 9.59 Å². The number of nitrogens with zero attached hydrogens (tertiary/aromatic N) is 1. The number of aryl methyl sites for hydroxylation is 2. The van der Waals surface area contributed by atoms with Gasteiger partial charge in [-0.15, -0.1) is 0 Å². The van der Waals surface area contributed by atoms with Crippen LogP contribution in [0.15, 0.2) is 42.5 Å². The van der Waals surface area contributed by atoms with Gasteiger partial charge in [-0.1, -0.05) is 30.3 Å². The van der Waals surface area contributed by atoms with Gasteiger partial charge in [-0.25, -0.2) is 0 Å². The summed E-state index contributed by atoms with van der Waals surface area (Å²) in [6.07, 6.45) is 0. The number of anilines is 1. The van der Waals surface area contributed by atoms with Gasteiger partial charge in [-0.2, -0.15) is 0 Å². The first-order chi connectivity index (χ1) is 11.0. The Bertz CT molecular complexity index is 783. The third-order valence-corrected chi connectivity index (χ3v) is 4.35. The minimum absolute atomic E-state index is 0.0794. The molecule has 1 atom stereocenters. The molecule has 0 radical (unpaired) electrons. The van der Waals surface area contributed by atoms with Gasteiger partial charge >= 0.3 is 0 Å². The lowest BCUT2D eigenvalue weighted by atomic mass is 10.1. The Morgan fingerprint density at radius 1 is 1.17 bits per heavy atom. The number of nitrogens with one attached hydrogen (secondary N) is 1. The van der Waals surface area contributed by atoms with E-state index in [-0.39, 0.29) is 11.8 Å². The van der Waals surface area contributed by atoms with Crippen LogP contribution in [0.25, 0.3) is 0 Å². The van der Waals surface area contributed by atoms with Crippen LogP contribution < -0.4 is 5.32 Å². The molecule has 0 spiro atoms. The van der Waals surface area contributed by atoms with Gasteiger partial charge < -0.3 is 10.2 Å². The molecule has 2 amide bonds. The molecule has 1 N–H and O–H groups in total. The maximum absolute atomic E-state index is 12.6. The Morgan fingerprint density at radius 2 is 1.91 bits per heavy atom. The zero-order valence-electron chi connectivity index (χ0n) is 13.6. The SMILES string of the molecule is Cc1ccc(C)c(NC(=O)C(C)N2Cc3ccccc3C2=O)c1. The molecular formula is C19H20N2O2. The molecule has 4 nitrogen and oxygen atoms in total. The van der Waals surface area contributed by atoms with Gasteiger partial charge in [0.25, 0.3) is 5.91 Å². The quantitative estimate of drug-likeness (QED) is 0.946. The fourth-order valence-corrected chi connectivity index (χ4v) is 2.84. The fourth-order valence-electron chi connectivity index (χ4n) is 2.84. The zero-order valence-corrected chi connectivity index (χ0v) is 13.6. The number of benzene rings is 2. The van der Waals surface area contributed by atoms with E-state index in [1.54, 1.807) is 11.8 Å². The summed E-state index contributed by atoms with van der Waals surface area (Å²) in [4.78, 5) is 26.6. The van der Waals surface area contributed by atoms with Crippen LogP contribution in [0.4, 0.5) is 5.69 Å². The van der Waals surface area contributed by atoms with Crippen molar-refractivity contribution in [1.29, 1.82) is 0 Å². The number of amides is 2. The first-order valence-electron chi connectivity index (χ1n) is 7.74. The van der Waals surface area contributed by atoms with Crippen molar-refractivity contribution >= 4 is 17.5 Å². The van der Waals surface area contributed by atoms with Crippen molar-refractivity contribution in [1.82, 2.24) is 4.90 Å². The van der Waals surface area contributed by atoms with Crippen molar-refractivity contribution in [2.45, 2.75) is 33.4 Å². The van der Waals surface area contributed by atoms with E-state index in [1.165, 1.54) is 0 Å². The minimum atomic E-state index is -0.519. The lowest BCUT2D eigenvalue weighted by Crippen LogP contribution is -2.42. The largest absolute Gasteiger partial charge is 0.324 e. The molecule has 0 saturated heterocycles. The van der Waals surface area contributed by atoms with E-state index in [0.29, 0.717) is 12.1 Å². The second kappa shape index (κ2) is 5.88. The molecule has 0 fully saturated rings. The molecule has 1 heterocycles. The highest BCUT2D eigenvalue weighted by atomic mass is 16.2. The van der Waals surface area contributed by atoms with Crippen molar-refractivity contribution < 1.29 is 9.59 Å². The molecule has 2 aromatic rings. The number of hydrogen-bond acceptors (Lipinski definition) is 2. The predicted molar refractivity (Wildman–Crippen MR) is 90.3 cm³/mol. The van der Waals surface area contributed by atoms with Gasteiger partial charge in [0, 0.05) is 17.8 Å². The fraction of sp³-hybridized carbons (Fsp3) is 0.263. The predicted octanol–water partition coefficient (Wildman–Crippen LogP) is 3.29. The van der Waals surface area contributed by atoms with Crippen LogP contribution in [-0.2, 0) is 11.3 Å². The van der Waals surface area contributed by atoms with Gasteiger partial charge in [0.2, 0.25) is 5.91 Å². The second-order valence-electron chi connectivity index (χ2n) is 6.07. The van der Waals surface area contributed by atoms with E-state index in [9.17, 15) is 9.59 Å². The Morgan fingerprint density at radius 3 is 2.65 bits per heavy atom. The monoisotopic (exact) mass is 308 g/mol. The van der Waals surface area contributed by atoms with E-state index in [1.807, 2.05) is 56.3 Å². The average Bonchev–Trinajstić information content (AvgIpc) is 2.87. The van der Waals surface area contributed by atoms with Gasteiger partial charge in [0.15, 0.2) is 0 Å². The Kier molecular flexibility index (Phi) is 3.90. The highest BCUT2D eigenvalue weighted by molar-refractivity contribution is 6.03. The summed E-state index contributed by atoms with van der Waals surface area (Å²) in [6.45, 7) is 6.19. The van der Waals surface area contributed by atoms with Crippen molar-refractivity contribution in [3.05, 3.63) is 64.7 Å². The Balaban J connectivity index is 1.76. The van der Waals surface area contributed by atoms with Crippen molar-refractivity contribution in [3.8, 4) is 0 Å². The summed E-state index contributed by atoms with van der Waals surface area (Å²) in [5, 5.41) is 2.94.